The van der Waals surface area contributed by atoms with Crippen molar-refractivity contribution in [3.05, 3.63) is 54.7 Å². The van der Waals surface area contributed by atoms with E-state index in [1.807, 2.05) is 0 Å². The molecule has 2 N–H and O–H groups in total. The molecular weight excluding hydrogens is 685 g/mol. The minimum atomic E-state index is -4.90. The molecule has 1 aromatic heterocycles. The molecule has 2 heterocycles. The van der Waals surface area contributed by atoms with Gasteiger partial charge in [-0.1, -0.05) is 70.6 Å². The Labute approximate surface area is 306 Å². The van der Waals surface area contributed by atoms with Crippen molar-refractivity contribution in [2.45, 2.75) is 143 Å². The zero-order chi connectivity index (χ0) is 37.6. The van der Waals surface area contributed by atoms with E-state index in [0.717, 1.165) is 41.1 Å². The Kier molecular flexibility index (Phi) is 11.4. The molecule has 288 valence electrons. The van der Waals surface area contributed by atoms with Crippen LogP contribution < -0.4 is 11.2 Å². The first-order chi connectivity index (χ1) is 24.6. The molecule has 0 amide bonds. The van der Waals surface area contributed by atoms with Crippen LogP contribution >= 0.6 is 7.60 Å². The average molecular weight is 744 g/mol. The van der Waals surface area contributed by atoms with Crippen LogP contribution in [0.1, 0.15) is 123 Å². The van der Waals surface area contributed by atoms with Crippen molar-refractivity contribution >= 4 is 13.3 Å². The minimum Gasteiger partial charge on any atom is -0.453 e. The first-order valence-corrected chi connectivity index (χ1v) is 21.0. The number of rotatable bonds is 12. The lowest BCUT2D eigenvalue weighted by Gasteiger charge is -2.58. The Morgan fingerprint density at radius 2 is 1.94 bits per heavy atom. The number of ether oxygens (including phenoxy) is 2. The van der Waals surface area contributed by atoms with E-state index in [-0.39, 0.29) is 17.4 Å². The van der Waals surface area contributed by atoms with Gasteiger partial charge in [-0.3, -0.25) is 18.9 Å². The van der Waals surface area contributed by atoms with Crippen LogP contribution in [0.25, 0.3) is 10.4 Å². The van der Waals surface area contributed by atoms with E-state index in [4.69, 9.17) is 19.5 Å². The highest BCUT2D eigenvalue weighted by Crippen LogP contribution is 2.67. The molecule has 1 aliphatic heterocycles. The highest BCUT2D eigenvalue weighted by atomic mass is 31.2. The summed E-state index contributed by atoms with van der Waals surface area (Å²) in [5.74, 6) is 4.33. The summed E-state index contributed by atoms with van der Waals surface area (Å²) in [7, 11) is -4.90. The van der Waals surface area contributed by atoms with E-state index < -0.39 is 55.6 Å². The van der Waals surface area contributed by atoms with E-state index in [0.29, 0.717) is 30.1 Å². The third-order valence-electron chi connectivity index (χ3n) is 14.0. The second-order valence-corrected chi connectivity index (χ2v) is 19.1. The zero-order valence-electron chi connectivity index (χ0n) is 31.7. The number of azide groups is 1. The summed E-state index contributed by atoms with van der Waals surface area (Å²) in [6, 6.07) is -0.853. The molecule has 6 rings (SSSR count). The summed E-state index contributed by atoms with van der Waals surface area (Å²) < 4.78 is 31.0. The lowest BCUT2D eigenvalue weighted by Crippen LogP contribution is -2.51. The quantitative estimate of drug-likeness (QED) is 0.0701. The molecule has 12 atom stereocenters. The summed E-state index contributed by atoms with van der Waals surface area (Å²) in [6.45, 7) is 13.1. The molecule has 3 saturated carbocycles. The Morgan fingerprint density at radius 3 is 2.67 bits per heavy atom. The van der Waals surface area contributed by atoms with Gasteiger partial charge in [-0.2, -0.15) is 0 Å². The van der Waals surface area contributed by atoms with Gasteiger partial charge in [0.25, 0.3) is 5.56 Å². The molecule has 1 aromatic rings. The van der Waals surface area contributed by atoms with Crippen LogP contribution in [0.3, 0.4) is 0 Å². The highest BCUT2D eigenvalue weighted by molar-refractivity contribution is 7.70. The molecule has 0 aromatic carbocycles. The van der Waals surface area contributed by atoms with Crippen LogP contribution in [-0.4, -0.2) is 45.0 Å². The van der Waals surface area contributed by atoms with Crippen molar-refractivity contribution in [2.24, 2.45) is 51.5 Å². The van der Waals surface area contributed by atoms with Crippen molar-refractivity contribution in [3.63, 3.8) is 0 Å². The van der Waals surface area contributed by atoms with Crippen molar-refractivity contribution in [3.8, 4) is 0 Å². The van der Waals surface area contributed by atoms with Gasteiger partial charge in [0, 0.05) is 29.5 Å². The molecular formula is C38H58N5O8P. The Hall–Kier alpha value is -2.69. The second-order valence-electron chi connectivity index (χ2n) is 17.5. The molecule has 5 aliphatic rings. The minimum absolute atomic E-state index is 0.0342. The largest absolute Gasteiger partial charge is 0.453 e. The summed E-state index contributed by atoms with van der Waals surface area (Å²) in [5, 5.41) is 3.71. The number of nitrogens with zero attached hydrogens (tertiary/aromatic N) is 4. The SMILES string of the molecule is Cc1cn([C@H]2C[C@H](N=[N+]=[N-])[C@@H](COP(=O)(O)C(=O)O[C@H]3CC[C@@]4(C)C(=CC[C@H]5[C@@H]6CC[C@H]([C@H](C)CCCC(C)C)[C@@]6(C)CC[C@@H]54)C3)O2)c(=O)[nH]c1=O. The van der Waals surface area contributed by atoms with Crippen LogP contribution in [0, 0.1) is 53.3 Å². The van der Waals surface area contributed by atoms with Gasteiger partial charge in [0.2, 0.25) is 0 Å². The fraction of sp³-hybridized carbons (Fsp3) is 0.816. The number of carbonyl (C=O) groups excluding carboxylic acids is 1. The fourth-order valence-corrected chi connectivity index (χ4v) is 11.9. The van der Waals surface area contributed by atoms with E-state index in [1.165, 1.54) is 63.6 Å². The maximum Gasteiger partial charge on any atom is 0.435 e. The van der Waals surface area contributed by atoms with Gasteiger partial charge in [-0.15, -0.1) is 0 Å². The van der Waals surface area contributed by atoms with Gasteiger partial charge in [0.05, 0.1) is 18.8 Å². The van der Waals surface area contributed by atoms with Crippen molar-refractivity contribution < 1.29 is 28.3 Å². The first-order valence-electron chi connectivity index (χ1n) is 19.5. The van der Waals surface area contributed by atoms with Crippen LogP contribution in [0.4, 0.5) is 4.79 Å². The van der Waals surface area contributed by atoms with Gasteiger partial charge in [0.1, 0.15) is 12.3 Å². The number of allylic oxidation sites excluding steroid dienone is 1. The van der Waals surface area contributed by atoms with Gasteiger partial charge < -0.3 is 14.4 Å². The van der Waals surface area contributed by atoms with Crippen LogP contribution in [0.5, 0.6) is 0 Å². The number of aromatic amines is 1. The predicted octanol–water partition coefficient (Wildman–Crippen LogP) is 8.56. The van der Waals surface area contributed by atoms with Gasteiger partial charge in [0.15, 0.2) is 0 Å². The first kappa shape index (κ1) is 39.0. The molecule has 13 nitrogen and oxygen atoms in total. The van der Waals surface area contributed by atoms with E-state index >= 15 is 0 Å². The standard InChI is InChI=1S/C38H58N5O8P/c1-22(2)8-7-9-23(3)28-12-13-29-27-11-10-25-18-26(14-16-37(25,5)30(27)15-17-38(28,29)6)50-36(46)52(47,48)49-21-32-31(41-42-39)19-33(51-32)43-20-24(4)34(44)40-35(43)45/h10,20,22-23,26-33H,7-9,11-19,21H2,1-6H3,(H,47,48)(H,40,44,45)/t23-,26+,27+,28-,29+,30+,31+,32-,33-,37+,38-/m1/s1. The zero-order valence-corrected chi connectivity index (χ0v) is 32.6. The maximum atomic E-state index is 13.1. The number of hydrogen-bond donors (Lipinski definition) is 2. The molecule has 52 heavy (non-hydrogen) atoms. The summed E-state index contributed by atoms with van der Waals surface area (Å²) in [4.78, 5) is 53.0. The second kappa shape index (κ2) is 15.2. The molecule has 4 fully saturated rings. The molecule has 14 heteroatoms. The maximum absolute atomic E-state index is 13.1. The molecule has 4 aliphatic carbocycles. The van der Waals surface area contributed by atoms with E-state index in [1.54, 1.807) is 0 Å². The van der Waals surface area contributed by atoms with Gasteiger partial charge in [-0.05, 0) is 104 Å². The Balaban J connectivity index is 1.05. The molecule has 1 saturated heterocycles. The lowest BCUT2D eigenvalue weighted by molar-refractivity contribution is -0.0576. The number of aryl methyl sites for hydroxylation is 1. The van der Waals surface area contributed by atoms with Crippen LogP contribution in [0.15, 0.2) is 32.5 Å². The third kappa shape index (κ3) is 7.50. The Bertz CT molecular complexity index is 1750. The number of fused-ring (bicyclic) bond motifs is 5. The number of carbonyl (C=O) groups is 1. The lowest BCUT2D eigenvalue weighted by atomic mass is 9.47. The molecule has 0 spiro atoms. The molecule has 1 unspecified atom stereocenters. The number of aromatic nitrogens is 2. The molecule has 0 bridgehead atoms. The van der Waals surface area contributed by atoms with Crippen molar-refractivity contribution in [1.82, 2.24) is 9.55 Å². The topological polar surface area (TPSA) is 186 Å². The van der Waals surface area contributed by atoms with Crippen LogP contribution in [-0.2, 0) is 18.6 Å². The normalized spacial score (nSPS) is 37.2. The number of H-pyrrole nitrogens is 1. The third-order valence-corrected chi connectivity index (χ3v) is 15.1. The van der Waals surface area contributed by atoms with Gasteiger partial charge >= 0.3 is 19.0 Å². The van der Waals surface area contributed by atoms with Crippen molar-refractivity contribution in [2.75, 3.05) is 6.61 Å². The smallest absolute Gasteiger partial charge is 0.435 e. The monoisotopic (exact) mass is 743 g/mol. The summed E-state index contributed by atoms with van der Waals surface area (Å²) in [5.41, 5.74) is 8.55. The van der Waals surface area contributed by atoms with E-state index in [9.17, 15) is 23.8 Å². The Morgan fingerprint density at radius 1 is 1.17 bits per heavy atom. The predicted molar refractivity (Wildman–Crippen MR) is 197 cm³/mol. The van der Waals surface area contributed by atoms with Gasteiger partial charge in [-0.25, -0.2) is 14.2 Å². The number of hydrogen-bond acceptors (Lipinski definition) is 8. The highest BCUT2D eigenvalue weighted by Gasteiger charge is 2.59. The average Bonchev–Trinajstić information content (AvgIpc) is 3.66. The van der Waals surface area contributed by atoms with E-state index in [2.05, 4.69) is 55.7 Å². The fourth-order valence-electron chi connectivity index (χ4n) is 11.2. The molecule has 0 radical (unpaired) electrons. The van der Waals surface area contributed by atoms with Crippen LogP contribution in [0.2, 0.25) is 0 Å². The summed E-state index contributed by atoms with van der Waals surface area (Å²) in [6.07, 6.45) is 13.5. The summed E-state index contributed by atoms with van der Waals surface area (Å²) >= 11 is 0. The van der Waals surface area contributed by atoms with Crippen molar-refractivity contribution in [1.29, 1.82) is 0 Å². The number of nitrogens with one attached hydrogen (secondary N) is 1.